The molecule has 3 aromatic rings. The second-order valence-electron chi connectivity index (χ2n) is 5.45. The Morgan fingerprint density at radius 2 is 1.83 bits per heavy atom. The quantitative estimate of drug-likeness (QED) is 0.807. The fraction of sp³-hybridized carbons (Fsp3) is 0.167. The standard InChI is InChI=1S/C18H16N2O3/c1-11-7-14-15(21)9-17(23-16(14)8-12(11)2)18(22)20-10-13-3-5-19-6-4-13/h3-9H,10H2,1-2H3,(H,20,22). The van der Waals surface area contributed by atoms with Gasteiger partial charge in [0.05, 0.1) is 5.39 Å². The molecule has 0 spiro atoms. The molecule has 0 saturated heterocycles. The number of pyridine rings is 1. The van der Waals surface area contributed by atoms with Gasteiger partial charge in [-0.15, -0.1) is 0 Å². The zero-order valence-corrected chi connectivity index (χ0v) is 12.9. The first-order valence-corrected chi connectivity index (χ1v) is 7.27. The molecule has 1 N–H and O–H groups in total. The van der Waals surface area contributed by atoms with Crippen molar-refractivity contribution in [2.45, 2.75) is 20.4 Å². The number of carbonyl (C=O) groups is 1. The van der Waals surface area contributed by atoms with Crippen LogP contribution >= 0.6 is 0 Å². The summed E-state index contributed by atoms with van der Waals surface area (Å²) in [7, 11) is 0. The van der Waals surface area contributed by atoms with Crippen molar-refractivity contribution in [1.29, 1.82) is 0 Å². The lowest BCUT2D eigenvalue weighted by atomic mass is 10.1. The van der Waals surface area contributed by atoms with Crippen LogP contribution in [0.2, 0.25) is 0 Å². The van der Waals surface area contributed by atoms with E-state index in [1.54, 1.807) is 24.5 Å². The lowest BCUT2D eigenvalue weighted by Crippen LogP contribution is -2.24. The Hall–Kier alpha value is -2.95. The maximum absolute atomic E-state index is 12.2. The van der Waals surface area contributed by atoms with Gasteiger partial charge in [-0.1, -0.05) is 0 Å². The summed E-state index contributed by atoms with van der Waals surface area (Å²) in [6, 6.07) is 8.42. The average molecular weight is 308 g/mol. The number of hydrogen-bond acceptors (Lipinski definition) is 4. The molecule has 0 bridgehead atoms. The van der Waals surface area contributed by atoms with Gasteiger partial charge in [-0.3, -0.25) is 14.6 Å². The van der Waals surface area contributed by atoms with Gasteiger partial charge in [0.2, 0.25) is 0 Å². The Kier molecular flexibility index (Phi) is 3.93. The summed E-state index contributed by atoms with van der Waals surface area (Å²) in [5, 5.41) is 3.22. The van der Waals surface area contributed by atoms with Crippen LogP contribution in [0.25, 0.3) is 11.0 Å². The molecular formula is C18H16N2O3. The van der Waals surface area contributed by atoms with Crippen molar-refractivity contribution < 1.29 is 9.21 Å². The van der Waals surface area contributed by atoms with E-state index in [2.05, 4.69) is 10.3 Å². The maximum Gasteiger partial charge on any atom is 0.287 e. The van der Waals surface area contributed by atoms with E-state index in [-0.39, 0.29) is 11.2 Å². The SMILES string of the molecule is Cc1cc2oc(C(=O)NCc3ccncc3)cc(=O)c2cc1C. The van der Waals surface area contributed by atoms with Gasteiger partial charge in [-0.25, -0.2) is 0 Å². The molecule has 0 saturated carbocycles. The zero-order valence-electron chi connectivity index (χ0n) is 12.9. The van der Waals surface area contributed by atoms with E-state index in [1.165, 1.54) is 6.07 Å². The summed E-state index contributed by atoms with van der Waals surface area (Å²) in [5.74, 6) is -0.404. The number of aromatic nitrogens is 1. The smallest absolute Gasteiger partial charge is 0.287 e. The molecule has 116 valence electrons. The number of fused-ring (bicyclic) bond motifs is 1. The van der Waals surface area contributed by atoms with Crippen LogP contribution in [0, 0.1) is 13.8 Å². The fourth-order valence-corrected chi connectivity index (χ4v) is 2.29. The Labute approximate surface area is 133 Å². The molecule has 0 radical (unpaired) electrons. The summed E-state index contributed by atoms with van der Waals surface area (Å²) < 4.78 is 5.60. The normalized spacial score (nSPS) is 10.7. The van der Waals surface area contributed by atoms with E-state index >= 15 is 0 Å². The van der Waals surface area contributed by atoms with Crippen LogP contribution in [0.4, 0.5) is 0 Å². The molecule has 0 aliphatic carbocycles. The highest BCUT2D eigenvalue weighted by Crippen LogP contribution is 2.18. The van der Waals surface area contributed by atoms with E-state index < -0.39 is 5.91 Å². The topological polar surface area (TPSA) is 72.2 Å². The van der Waals surface area contributed by atoms with Crippen molar-refractivity contribution in [3.63, 3.8) is 0 Å². The van der Waals surface area contributed by atoms with Crippen LogP contribution < -0.4 is 10.7 Å². The molecule has 2 heterocycles. The monoisotopic (exact) mass is 308 g/mol. The molecule has 1 aromatic carbocycles. The van der Waals surface area contributed by atoms with Gasteiger partial charge in [0.25, 0.3) is 5.91 Å². The summed E-state index contributed by atoms with van der Waals surface area (Å²) in [6.45, 7) is 4.21. The van der Waals surface area contributed by atoms with Crippen LogP contribution in [0.15, 0.2) is 51.9 Å². The molecule has 23 heavy (non-hydrogen) atoms. The number of aryl methyl sites for hydroxylation is 2. The molecule has 5 heteroatoms. The summed E-state index contributed by atoms with van der Waals surface area (Å²) in [5.41, 5.74) is 3.15. The van der Waals surface area contributed by atoms with E-state index in [9.17, 15) is 9.59 Å². The van der Waals surface area contributed by atoms with Crippen molar-refractivity contribution >= 4 is 16.9 Å². The minimum atomic E-state index is -0.418. The summed E-state index contributed by atoms with van der Waals surface area (Å²) in [4.78, 5) is 28.3. The van der Waals surface area contributed by atoms with Gasteiger partial charge in [0.15, 0.2) is 11.2 Å². The Balaban J connectivity index is 1.89. The van der Waals surface area contributed by atoms with Crippen molar-refractivity contribution in [3.05, 3.63) is 75.4 Å². The third-order valence-corrected chi connectivity index (χ3v) is 3.77. The van der Waals surface area contributed by atoms with Gasteiger partial charge in [-0.2, -0.15) is 0 Å². The summed E-state index contributed by atoms with van der Waals surface area (Å²) in [6.07, 6.45) is 3.31. The zero-order chi connectivity index (χ0) is 16.4. The largest absolute Gasteiger partial charge is 0.451 e. The number of rotatable bonds is 3. The Morgan fingerprint density at radius 3 is 2.57 bits per heavy atom. The first-order chi connectivity index (χ1) is 11.0. The average Bonchev–Trinajstić information content (AvgIpc) is 2.55. The summed E-state index contributed by atoms with van der Waals surface area (Å²) >= 11 is 0. The second kappa shape index (κ2) is 6.04. The number of carbonyl (C=O) groups excluding carboxylic acids is 1. The van der Waals surface area contributed by atoms with Crippen LogP contribution in [0.5, 0.6) is 0 Å². The molecule has 0 atom stereocenters. The van der Waals surface area contributed by atoms with Gasteiger partial charge < -0.3 is 9.73 Å². The highest BCUT2D eigenvalue weighted by atomic mass is 16.3. The third-order valence-electron chi connectivity index (χ3n) is 3.77. The Bertz CT molecular complexity index is 930. The number of nitrogens with one attached hydrogen (secondary N) is 1. The van der Waals surface area contributed by atoms with E-state index in [4.69, 9.17) is 4.42 Å². The molecule has 2 aromatic heterocycles. The lowest BCUT2D eigenvalue weighted by Gasteiger charge is -2.07. The van der Waals surface area contributed by atoms with Gasteiger partial charge in [-0.05, 0) is 54.8 Å². The predicted molar refractivity (Wildman–Crippen MR) is 87.4 cm³/mol. The fourth-order valence-electron chi connectivity index (χ4n) is 2.29. The van der Waals surface area contributed by atoms with Crippen molar-refractivity contribution in [2.24, 2.45) is 0 Å². The van der Waals surface area contributed by atoms with E-state index in [0.717, 1.165) is 16.7 Å². The minimum Gasteiger partial charge on any atom is -0.451 e. The van der Waals surface area contributed by atoms with Crippen molar-refractivity contribution in [3.8, 4) is 0 Å². The number of amides is 1. The third kappa shape index (κ3) is 3.13. The first kappa shape index (κ1) is 15.0. The highest BCUT2D eigenvalue weighted by Gasteiger charge is 2.13. The predicted octanol–water partition coefficient (Wildman–Crippen LogP) is 2.73. The van der Waals surface area contributed by atoms with Crippen LogP contribution in [-0.2, 0) is 6.54 Å². The lowest BCUT2D eigenvalue weighted by molar-refractivity contribution is 0.0923. The molecule has 3 rings (SSSR count). The van der Waals surface area contributed by atoms with Crippen molar-refractivity contribution in [1.82, 2.24) is 10.3 Å². The number of benzene rings is 1. The second-order valence-corrected chi connectivity index (χ2v) is 5.45. The molecule has 0 aliphatic rings. The maximum atomic E-state index is 12.2. The molecule has 0 unspecified atom stereocenters. The molecule has 5 nitrogen and oxygen atoms in total. The van der Waals surface area contributed by atoms with Crippen LogP contribution in [0.1, 0.15) is 27.2 Å². The first-order valence-electron chi connectivity index (χ1n) is 7.27. The molecule has 0 aliphatic heterocycles. The molecular weight excluding hydrogens is 292 g/mol. The van der Waals surface area contributed by atoms with Gasteiger partial charge >= 0.3 is 0 Å². The molecule has 1 amide bonds. The van der Waals surface area contributed by atoms with E-state index in [1.807, 2.05) is 26.0 Å². The highest BCUT2D eigenvalue weighted by molar-refractivity contribution is 5.93. The number of hydrogen-bond donors (Lipinski definition) is 1. The van der Waals surface area contributed by atoms with Crippen molar-refractivity contribution in [2.75, 3.05) is 0 Å². The van der Waals surface area contributed by atoms with Crippen LogP contribution in [0.3, 0.4) is 0 Å². The number of nitrogens with zero attached hydrogens (tertiary/aromatic N) is 1. The minimum absolute atomic E-state index is 0.0137. The molecule has 0 fully saturated rings. The van der Waals surface area contributed by atoms with E-state index in [0.29, 0.717) is 17.5 Å². The van der Waals surface area contributed by atoms with Crippen LogP contribution in [-0.4, -0.2) is 10.9 Å². The van der Waals surface area contributed by atoms with Gasteiger partial charge in [0, 0.05) is 25.0 Å². The Morgan fingerprint density at radius 1 is 1.13 bits per heavy atom. The van der Waals surface area contributed by atoms with Gasteiger partial charge in [0.1, 0.15) is 5.58 Å².